The van der Waals surface area contributed by atoms with Crippen molar-refractivity contribution in [2.75, 3.05) is 40.4 Å². The van der Waals surface area contributed by atoms with E-state index in [0.717, 1.165) is 13.1 Å². The van der Waals surface area contributed by atoms with Gasteiger partial charge in [-0.3, -0.25) is 0 Å². The Morgan fingerprint density at radius 1 is 1.43 bits per heavy atom. The van der Waals surface area contributed by atoms with Gasteiger partial charge >= 0.3 is 0 Å². The van der Waals surface area contributed by atoms with Gasteiger partial charge in [0.2, 0.25) is 0 Å². The highest BCUT2D eigenvalue weighted by Gasteiger charge is 2.35. The molecular weight excluding hydrogens is 264 g/mol. The average molecular weight is 300 g/mol. The molecule has 0 radical (unpaired) electrons. The lowest BCUT2D eigenvalue weighted by atomic mass is 9.69. The Kier molecular flexibility index (Phi) is 8.17. The molecule has 126 valence electrons. The van der Waals surface area contributed by atoms with Crippen molar-refractivity contribution in [2.45, 2.75) is 58.6 Å². The van der Waals surface area contributed by atoms with E-state index in [-0.39, 0.29) is 0 Å². The summed E-state index contributed by atoms with van der Waals surface area (Å²) in [5, 5.41) is 13.6. The molecule has 1 fully saturated rings. The van der Waals surface area contributed by atoms with Crippen LogP contribution >= 0.6 is 0 Å². The molecule has 4 nitrogen and oxygen atoms in total. The van der Waals surface area contributed by atoms with Gasteiger partial charge in [-0.05, 0) is 50.6 Å². The Balaban J connectivity index is 2.52. The highest BCUT2D eigenvalue weighted by Crippen LogP contribution is 2.39. The molecule has 0 saturated heterocycles. The summed E-state index contributed by atoms with van der Waals surface area (Å²) < 4.78 is 5.01. The van der Waals surface area contributed by atoms with Crippen LogP contribution in [-0.4, -0.2) is 62.6 Å². The van der Waals surface area contributed by atoms with Gasteiger partial charge in [-0.2, -0.15) is 0 Å². The molecule has 1 aliphatic rings. The van der Waals surface area contributed by atoms with E-state index in [2.05, 4.69) is 38.0 Å². The Labute approximate surface area is 131 Å². The summed E-state index contributed by atoms with van der Waals surface area (Å²) in [4.78, 5) is 2.26. The molecule has 1 rings (SSSR count). The lowest BCUT2D eigenvalue weighted by Gasteiger charge is -2.43. The fourth-order valence-corrected chi connectivity index (χ4v) is 3.61. The third-order valence-electron chi connectivity index (χ3n) is 4.60. The molecule has 0 amide bonds. The van der Waals surface area contributed by atoms with Crippen molar-refractivity contribution in [1.82, 2.24) is 10.2 Å². The second-order valence-corrected chi connectivity index (χ2v) is 7.56. The lowest BCUT2D eigenvalue weighted by Crippen LogP contribution is -2.48. The van der Waals surface area contributed by atoms with Crippen molar-refractivity contribution in [3.8, 4) is 0 Å². The van der Waals surface area contributed by atoms with E-state index in [1.165, 1.54) is 25.7 Å². The normalized spacial score (nSPS) is 27.0. The van der Waals surface area contributed by atoms with Crippen molar-refractivity contribution in [3.63, 3.8) is 0 Å². The molecule has 0 heterocycles. The Hall–Kier alpha value is -0.160. The quantitative estimate of drug-likeness (QED) is 0.685. The largest absolute Gasteiger partial charge is 0.389 e. The van der Waals surface area contributed by atoms with E-state index in [1.807, 2.05) is 0 Å². The number of hydrogen-bond acceptors (Lipinski definition) is 4. The summed E-state index contributed by atoms with van der Waals surface area (Å²) in [7, 11) is 3.74. The minimum atomic E-state index is -0.390. The summed E-state index contributed by atoms with van der Waals surface area (Å²) in [5.41, 5.74) is 0.445. The highest BCUT2D eigenvalue weighted by atomic mass is 16.5. The first-order valence-corrected chi connectivity index (χ1v) is 8.47. The maximum atomic E-state index is 9.88. The van der Waals surface area contributed by atoms with Gasteiger partial charge in [0, 0.05) is 26.2 Å². The molecule has 0 aromatic carbocycles. The van der Waals surface area contributed by atoms with Crippen LogP contribution in [0.3, 0.4) is 0 Å². The molecule has 0 aromatic rings. The van der Waals surface area contributed by atoms with Crippen LogP contribution in [0.2, 0.25) is 0 Å². The zero-order valence-corrected chi connectivity index (χ0v) is 14.7. The average Bonchev–Trinajstić information content (AvgIpc) is 2.37. The van der Waals surface area contributed by atoms with Gasteiger partial charge in [0.1, 0.15) is 0 Å². The monoisotopic (exact) mass is 300 g/mol. The van der Waals surface area contributed by atoms with Gasteiger partial charge in [-0.15, -0.1) is 0 Å². The predicted octanol–water partition coefficient (Wildman–Crippen LogP) is 2.12. The molecule has 1 saturated carbocycles. The standard InChI is InChI=1S/C17H36N2O2/c1-6-9-18-16-7-8-17(2,3)10-14(16)11-19(4)12-15(20)13-21-5/h14-16,18,20H,6-13H2,1-5H3. The Bertz CT molecular complexity index is 284. The van der Waals surface area contributed by atoms with Crippen molar-refractivity contribution >= 4 is 0 Å². The van der Waals surface area contributed by atoms with Crippen LogP contribution in [-0.2, 0) is 4.74 Å². The second kappa shape index (κ2) is 9.09. The van der Waals surface area contributed by atoms with E-state index < -0.39 is 6.10 Å². The SMILES string of the molecule is CCCNC1CCC(C)(C)CC1CN(C)CC(O)COC. The van der Waals surface area contributed by atoms with Crippen LogP contribution in [0, 0.1) is 11.3 Å². The fraction of sp³-hybridized carbons (Fsp3) is 1.00. The molecule has 2 N–H and O–H groups in total. The lowest BCUT2D eigenvalue weighted by molar-refractivity contribution is 0.0324. The smallest absolute Gasteiger partial charge is 0.0899 e. The third kappa shape index (κ3) is 7.09. The van der Waals surface area contributed by atoms with Crippen molar-refractivity contribution in [1.29, 1.82) is 0 Å². The van der Waals surface area contributed by atoms with Gasteiger partial charge in [0.05, 0.1) is 12.7 Å². The second-order valence-electron chi connectivity index (χ2n) is 7.56. The minimum absolute atomic E-state index is 0.390. The van der Waals surface area contributed by atoms with E-state index in [9.17, 15) is 5.11 Å². The van der Waals surface area contributed by atoms with E-state index in [0.29, 0.717) is 30.5 Å². The van der Waals surface area contributed by atoms with Crippen LogP contribution in [0.5, 0.6) is 0 Å². The van der Waals surface area contributed by atoms with Crippen molar-refractivity contribution < 1.29 is 9.84 Å². The van der Waals surface area contributed by atoms with E-state index in [4.69, 9.17) is 4.74 Å². The van der Waals surface area contributed by atoms with Crippen molar-refractivity contribution in [3.05, 3.63) is 0 Å². The van der Waals surface area contributed by atoms with Crippen LogP contribution in [0.25, 0.3) is 0 Å². The summed E-state index contributed by atoms with van der Waals surface area (Å²) in [5.74, 6) is 0.667. The van der Waals surface area contributed by atoms with E-state index >= 15 is 0 Å². The van der Waals surface area contributed by atoms with Gasteiger partial charge in [0.15, 0.2) is 0 Å². The first kappa shape index (κ1) is 18.9. The van der Waals surface area contributed by atoms with Crippen molar-refractivity contribution in [2.24, 2.45) is 11.3 Å². The predicted molar refractivity (Wildman–Crippen MR) is 88.6 cm³/mol. The molecule has 0 bridgehead atoms. The number of aliphatic hydroxyl groups excluding tert-OH is 1. The number of hydrogen-bond donors (Lipinski definition) is 2. The van der Waals surface area contributed by atoms with Crippen LogP contribution in [0.1, 0.15) is 46.5 Å². The minimum Gasteiger partial charge on any atom is -0.389 e. The Morgan fingerprint density at radius 2 is 2.14 bits per heavy atom. The zero-order chi connectivity index (χ0) is 15.9. The van der Waals surface area contributed by atoms with Crippen LogP contribution in [0.15, 0.2) is 0 Å². The van der Waals surface area contributed by atoms with Gasteiger partial charge in [-0.25, -0.2) is 0 Å². The number of likely N-dealkylation sites (N-methyl/N-ethyl adjacent to an activating group) is 1. The van der Waals surface area contributed by atoms with Gasteiger partial charge < -0.3 is 20.1 Å². The molecule has 4 heteroatoms. The fourth-order valence-electron chi connectivity index (χ4n) is 3.61. The molecular formula is C17H36N2O2. The Morgan fingerprint density at radius 3 is 2.76 bits per heavy atom. The summed E-state index contributed by atoms with van der Waals surface area (Å²) >= 11 is 0. The number of nitrogens with one attached hydrogen (secondary N) is 1. The number of methoxy groups -OCH3 is 1. The maximum Gasteiger partial charge on any atom is 0.0899 e. The topological polar surface area (TPSA) is 44.7 Å². The maximum absolute atomic E-state index is 9.88. The molecule has 0 spiro atoms. The van der Waals surface area contributed by atoms with Gasteiger partial charge in [-0.1, -0.05) is 20.8 Å². The molecule has 21 heavy (non-hydrogen) atoms. The van der Waals surface area contributed by atoms with Crippen LogP contribution in [0.4, 0.5) is 0 Å². The third-order valence-corrected chi connectivity index (χ3v) is 4.60. The zero-order valence-electron chi connectivity index (χ0n) is 14.7. The molecule has 0 aliphatic heterocycles. The first-order valence-electron chi connectivity index (χ1n) is 8.47. The van der Waals surface area contributed by atoms with Gasteiger partial charge in [0.25, 0.3) is 0 Å². The van der Waals surface area contributed by atoms with Crippen LogP contribution < -0.4 is 5.32 Å². The number of rotatable bonds is 9. The molecule has 1 aliphatic carbocycles. The molecule has 3 atom stereocenters. The summed E-state index contributed by atoms with van der Waals surface area (Å²) in [6.07, 6.45) is 4.64. The number of aliphatic hydroxyl groups is 1. The number of ether oxygens (including phenoxy) is 1. The highest BCUT2D eigenvalue weighted by molar-refractivity contribution is 4.90. The summed E-state index contributed by atoms with van der Waals surface area (Å²) in [6, 6.07) is 0.625. The molecule has 3 unspecified atom stereocenters. The summed E-state index contributed by atoms with van der Waals surface area (Å²) in [6.45, 7) is 10.3. The first-order chi connectivity index (χ1) is 9.88. The van der Waals surface area contributed by atoms with E-state index in [1.54, 1.807) is 7.11 Å². The number of nitrogens with zero attached hydrogens (tertiary/aromatic N) is 1. The molecule has 0 aromatic heterocycles.